The Hall–Kier alpha value is -2.37. The van der Waals surface area contributed by atoms with Crippen LogP contribution in [0, 0.1) is 5.41 Å². The number of hydrogen-bond acceptors (Lipinski definition) is 3. The van der Waals surface area contributed by atoms with Crippen LogP contribution in [0.2, 0.25) is 0 Å². The Morgan fingerprint density at radius 1 is 1.23 bits per heavy atom. The number of carboxylic acid groups (broad SMARTS) is 1. The van der Waals surface area contributed by atoms with E-state index >= 15 is 0 Å². The van der Waals surface area contributed by atoms with Crippen molar-refractivity contribution in [1.82, 2.24) is 4.90 Å². The lowest BCUT2D eigenvalue weighted by Gasteiger charge is -2.33. The van der Waals surface area contributed by atoms with Crippen molar-refractivity contribution < 1.29 is 19.5 Å². The normalized spacial score (nSPS) is 17.7. The molecule has 0 bridgehead atoms. The summed E-state index contributed by atoms with van der Waals surface area (Å²) in [5.41, 5.74) is 1.03. The molecule has 1 aromatic rings. The Bertz CT molecular complexity index is 679. The van der Waals surface area contributed by atoms with E-state index in [1.165, 1.54) is 4.90 Å². The van der Waals surface area contributed by atoms with Gasteiger partial charge in [-0.15, -0.1) is 0 Å². The molecule has 0 saturated carbocycles. The van der Waals surface area contributed by atoms with Gasteiger partial charge in [0.05, 0.1) is 0 Å². The van der Waals surface area contributed by atoms with Crippen LogP contribution in [0.1, 0.15) is 63.2 Å². The van der Waals surface area contributed by atoms with Gasteiger partial charge in [-0.2, -0.15) is 0 Å². The second kappa shape index (κ2) is 8.34. The molecular formula is C20H28N2O4. The number of hydrogen-bond donors (Lipinski definition) is 2. The van der Waals surface area contributed by atoms with Crippen LogP contribution in [-0.2, 0) is 9.59 Å². The molecule has 1 fully saturated rings. The van der Waals surface area contributed by atoms with E-state index < -0.39 is 12.0 Å². The summed E-state index contributed by atoms with van der Waals surface area (Å²) in [5, 5.41) is 12.2. The van der Waals surface area contributed by atoms with Gasteiger partial charge in [0.15, 0.2) is 0 Å². The maximum absolute atomic E-state index is 12.8. The highest BCUT2D eigenvalue weighted by molar-refractivity contribution is 5.99. The summed E-state index contributed by atoms with van der Waals surface area (Å²) in [7, 11) is 0. The molecule has 1 aromatic carbocycles. The van der Waals surface area contributed by atoms with Crippen molar-refractivity contribution in [2.75, 3.05) is 11.9 Å². The van der Waals surface area contributed by atoms with E-state index in [0.717, 1.165) is 19.3 Å². The molecule has 1 aliphatic heterocycles. The minimum Gasteiger partial charge on any atom is -0.480 e. The molecule has 2 amide bonds. The first-order valence-electron chi connectivity index (χ1n) is 9.11. The molecule has 1 saturated heterocycles. The van der Waals surface area contributed by atoms with E-state index in [9.17, 15) is 19.5 Å². The molecule has 1 unspecified atom stereocenters. The maximum atomic E-state index is 12.8. The van der Waals surface area contributed by atoms with Crippen LogP contribution in [0.3, 0.4) is 0 Å². The van der Waals surface area contributed by atoms with E-state index in [0.29, 0.717) is 30.6 Å². The minimum atomic E-state index is -0.968. The van der Waals surface area contributed by atoms with Crippen LogP contribution in [-0.4, -0.2) is 40.4 Å². The number of rotatable bonds is 5. The molecule has 26 heavy (non-hydrogen) atoms. The van der Waals surface area contributed by atoms with E-state index in [-0.39, 0.29) is 17.2 Å². The Kier molecular flexibility index (Phi) is 6.40. The summed E-state index contributed by atoms with van der Waals surface area (Å²) in [6.07, 6.45) is 3.27. The molecule has 1 heterocycles. The van der Waals surface area contributed by atoms with Gasteiger partial charge in [-0.25, -0.2) is 4.79 Å². The van der Waals surface area contributed by atoms with Gasteiger partial charge in [0, 0.05) is 24.2 Å². The third-order valence-electron chi connectivity index (χ3n) is 4.54. The van der Waals surface area contributed by atoms with Crippen molar-refractivity contribution in [3.63, 3.8) is 0 Å². The molecule has 0 radical (unpaired) electrons. The SMILES string of the molecule is CC(C)(C)CCC(=O)Nc1cccc(C(=O)N2CCCCC2C(=O)O)c1. The molecule has 2 rings (SSSR count). The third-order valence-corrected chi connectivity index (χ3v) is 4.54. The number of benzene rings is 1. The predicted molar refractivity (Wildman–Crippen MR) is 100 cm³/mol. The fourth-order valence-corrected chi connectivity index (χ4v) is 3.04. The quantitative estimate of drug-likeness (QED) is 0.841. The van der Waals surface area contributed by atoms with Crippen molar-refractivity contribution in [2.45, 2.75) is 58.9 Å². The Balaban J connectivity index is 2.06. The first-order chi connectivity index (χ1) is 12.2. The lowest BCUT2D eigenvalue weighted by atomic mass is 9.90. The standard InChI is InChI=1S/C20H28N2O4/c1-20(2,3)11-10-17(23)21-15-8-6-7-14(13-15)18(24)22-12-5-4-9-16(22)19(25)26/h6-8,13,16H,4-5,9-12H2,1-3H3,(H,21,23)(H,25,26). The van der Waals surface area contributed by atoms with Crippen LogP contribution in [0.25, 0.3) is 0 Å². The molecule has 1 atom stereocenters. The Labute approximate surface area is 154 Å². The smallest absolute Gasteiger partial charge is 0.326 e. The van der Waals surface area contributed by atoms with Gasteiger partial charge in [0.25, 0.3) is 5.91 Å². The average Bonchev–Trinajstić information content (AvgIpc) is 2.59. The van der Waals surface area contributed by atoms with E-state index in [2.05, 4.69) is 26.1 Å². The highest BCUT2D eigenvalue weighted by atomic mass is 16.4. The number of nitrogens with one attached hydrogen (secondary N) is 1. The van der Waals surface area contributed by atoms with Crippen molar-refractivity contribution >= 4 is 23.5 Å². The first-order valence-corrected chi connectivity index (χ1v) is 9.11. The molecule has 0 spiro atoms. The van der Waals surface area contributed by atoms with E-state index in [1.807, 2.05) is 0 Å². The topological polar surface area (TPSA) is 86.7 Å². The highest BCUT2D eigenvalue weighted by Crippen LogP contribution is 2.23. The van der Waals surface area contributed by atoms with Gasteiger partial charge in [-0.1, -0.05) is 26.8 Å². The van der Waals surface area contributed by atoms with Gasteiger partial charge in [0.1, 0.15) is 6.04 Å². The zero-order valence-corrected chi connectivity index (χ0v) is 15.7. The van der Waals surface area contributed by atoms with Gasteiger partial charge < -0.3 is 15.3 Å². The van der Waals surface area contributed by atoms with Gasteiger partial charge >= 0.3 is 5.97 Å². The van der Waals surface area contributed by atoms with Gasteiger partial charge in [-0.05, 0) is 49.3 Å². The van der Waals surface area contributed by atoms with Crippen LogP contribution in [0.4, 0.5) is 5.69 Å². The summed E-state index contributed by atoms with van der Waals surface area (Å²) in [4.78, 5) is 37.7. The third kappa shape index (κ3) is 5.58. The summed E-state index contributed by atoms with van der Waals surface area (Å²) in [6.45, 7) is 6.68. The summed E-state index contributed by atoms with van der Waals surface area (Å²) in [5.74, 6) is -1.36. The number of anilines is 1. The van der Waals surface area contributed by atoms with Crippen LogP contribution < -0.4 is 5.32 Å². The summed E-state index contributed by atoms with van der Waals surface area (Å²) >= 11 is 0. The zero-order valence-electron chi connectivity index (χ0n) is 15.7. The number of carbonyl (C=O) groups is 3. The fourth-order valence-electron chi connectivity index (χ4n) is 3.04. The van der Waals surface area contributed by atoms with Crippen molar-refractivity contribution in [2.24, 2.45) is 5.41 Å². The number of piperidine rings is 1. The van der Waals surface area contributed by atoms with Crippen LogP contribution in [0.15, 0.2) is 24.3 Å². The van der Waals surface area contributed by atoms with Crippen LogP contribution >= 0.6 is 0 Å². The number of carboxylic acids is 1. The van der Waals surface area contributed by atoms with Crippen molar-refractivity contribution in [3.8, 4) is 0 Å². The lowest BCUT2D eigenvalue weighted by Crippen LogP contribution is -2.48. The second-order valence-electron chi connectivity index (χ2n) is 8.04. The number of nitrogens with zero attached hydrogens (tertiary/aromatic N) is 1. The van der Waals surface area contributed by atoms with E-state index in [1.54, 1.807) is 24.3 Å². The number of likely N-dealkylation sites (tertiary alicyclic amines) is 1. The van der Waals surface area contributed by atoms with Crippen LogP contribution in [0.5, 0.6) is 0 Å². The van der Waals surface area contributed by atoms with Crippen molar-refractivity contribution in [3.05, 3.63) is 29.8 Å². The predicted octanol–water partition coefficient (Wildman–Crippen LogP) is 3.53. The highest BCUT2D eigenvalue weighted by Gasteiger charge is 2.32. The molecule has 6 heteroatoms. The number of carbonyl (C=O) groups excluding carboxylic acids is 2. The molecule has 2 N–H and O–H groups in total. The molecular weight excluding hydrogens is 332 g/mol. The summed E-state index contributed by atoms with van der Waals surface area (Å²) in [6, 6.07) is 5.93. The molecule has 0 aromatic heterocycles. The summed E-state index contributed by atoms with van der Waals surface area (Å²) < 4.78 is 0. The van der Waals surface area contributed by atoms with Gasteiger partial charge in [0.2, 0.25) is 5.91 Å². The van der Waals surface area contributed by atoms with Gasteiger partial charge in [-0.3, -0.25) is 9.59 Å². The zero-order chi connectivity index (χ0) is 19.3. The fraction of sp³-hybridized carbons (Fsp3) is 0.550. The Morgan fingerprint density at radius 3 is 2.62 bits per heavy atom. The molecule has 6 nitrogen and oxygen atoms in total. The monoisotopic (exact) mass is 360 g/mol. The van der Waals surface area contributed by atoms with E-state index in [4.69, 9.17) is 0 Å². The minimum absolute atomic E-state index is 0.0786. The maximum Gasteiger partial charge on any atom is 0.326 e. The molecule has 142 valence electrons. The number of amides is 2. The second-order valence-corrected chi connectivity index (χ2v) is 8.04. The lowest BCUT2D eigenvalue weighted by molar-refractivity contribution is -0.143. The first kappa shape index (κ1) is 19.9. The average molecular weight is 360 g/mol. The van der Waals surface area contributed by atoms with Crippen molar-refractivity contribution in [1.29, 1.82) is 0 Å². The molecule has 0 aliphatic carbocycles. The Morgan fingerprint density at radius 2 is 1.96 bits per heavy atom. The largest absolute Gasteiger partial charge is 0.480 e. The number of aliphatic carboxylic acids is 1. The molecule has 1 aliphatic rings.